The predicted molar refractivity (Wildman–Crippen MR) is 77.3 cm³/mol. The monoisotopic (exact) mass is 261 g/mol. The summed E-state index contributed by atoms with van der Waals surface area (Å²) in [4.78, 5) is 13.2. The van der Waals surface area contributed by atoms with Gasteiger partial charge in [-0.2, -0.15) is 0 Å². The SMILES string of the molecule is Cc1cc2c(o1)c(-c1ccncc1)nc1cccnc12. The number of nitrogens with zero attached hydrogens (tertiary/aromatic N) is 3. The summed E-state index contributed by atoms with van der Waals surface area (Å²) in [5.41, 5.74) is 4.34. The molecule has 0 amide bonds. The minimum atomic E-state index is 0.778. The van der Waals surface area contributed by atoms with Gasteiger partial charge in [0.2, 0.25) is 0 Å². The Balaban J connectivity index is 2.18. The maximum atomic E-state index is 5.84. The summed E-state index contributed by atoms with van der Waals surface area (Å²) in [6, 6.07) is 9.74. The van der Waals surface area contributed by atoms with Crippen molar-refractivity contribution in [3.05, 3.63) is 54.7 Å². The van der Waals surface area contributed by atoms with Gasteiger partial charge in [0.1, 0.15) is 11.5 Å². The van der Waals surface area contributed by atoms with Crippen LogP contribution in [0.4, 0.5) is 0 Å². The van der Waals surface area contributed by atoms with Crippen LogP contribution in [0.25, 0.3) is 33.3 Å². The van der Waals surface area contributed by atoms with Crippen LogP contribution in [0.3, 0.4) is 0 Å². The molecule has 4 heteroatoms. The summed E-state index contributed by atoms with van der Waals surface area (Å²) in [7, 11) is 0. The molecule has 96 valence electrons. The average molecular weight is 261 g/mol. The van der Waals surface area contributed by atoms with Crippen LogP contribution in [-0.4, -0.2) is 15.0 Å². The van der Waals surface area contributed by atoms with Gasteiger partial charge in [-0.1, -0.05) is 0 Å². The summed E-state index contributed by atoms with van der Waals surface area (Å²) in [6.45, 7) is 1.94. The fraction of sp³-hybridized carbons (Fsp3) is 0.0625. The van der Waals surface area contributed by atoms with Crippen molar-refractivity contribution in [3.8, 4) is 11.3 Å². The van der Waals surface area contributed by atoms with Crippen LogP contribution in [0.5, 0.6) is 0 Å². The third-order valence-electron chi connectivity index (χ3n) is 3.30. The van der Waals surface area contributed by atoms with E-state index in [-0.39, 0.29) is 0 Å². The van der Waals surface area contributed by atoms with Crippen molar-refractivity contribution < 1.29 is 4.42 Å². The molecule has 0 atom stereocenters. The Hall–Kier alpha value is -2.75. The molecule has 0 fully saturated rings. The first-order chi connectivity index (χ1) is 9.83. The van der Waals surface area contributed by atoms with E-state index >= 15 is 0 Å². The van der Waals surface area contributed by atoms with Crippen LogP contribution in [0, 0.1) is 6.92 Å². The van der Waals surface area contributed by atoms with E-state index in [2.05, 4.69) is 9.97 Å². The summed E-state index contributed by atoms with van der Waals surface area (Å²) < 4.78 is 5.84. The highest BCUT2D eigenvalue weighted by Crippen LogP contribution is 2.33. The molecule has 0 radical (unpaired) electrons. The summed E-state index contributed by atoms with van der Waals surface area (Å²) >= 11 is 0. The predicted octanol–water partition coefficient (Wildman–Crippen LogP) is 3.75. The second-order valence-electron chi connectivity index (χ2n) is 4.67. The first-order valence-corrected chi connectivity index (χ1v) is 6.38. The number of fused-ring (bicyclic) bond motifs is 3. The molecule has 4 rings (SSSR count). The van der Waals surface area contributed by atoms with Crippen LogP contribution >= 0.6 is 0 Å². The van der Waals surface area contributed by atoms with E-state index in [0.717, 1.165) is 39.0 Å². The Kier molecular flexibility index (Phi) is 2.29. The number of aryl methyl sites for hydroxylation is 1. The number of rotatable bonds is 1. The van der Waals surface area contributed by atoms with Gasteiger partial charge in [0.15, 0.2) is 5.58 Å². The van der Waals surface area contributed by atoms with Gasteiger partial charge in [-0.05, 0) is 37.3 Å². The second kappa shape index (κ2) is 4.13. The van der Waals surface area contributed by atoms with Crippen LogP contribution in [0.2, 0.25) is 0 Å². The van der Waals surface area contributed by atoms with Gasteiger partial charge >= 0.3 is 0 Å². The lowest BCUT2D eigenvalue weighted by Gasteiger charge is -2.04. The number of pyridine rings is 3. The lowest BCUT2D eigenvalue weighted by Crippen LogP contribution is -1.89. The number of hydrogen-bond donors (Lipinski definition) is 0. The zero-order valence-corrected chi connectivity index (χ0v) is 10.9. The highest BCUT2D eigenvalue weighted by atomic mass is 16.3. The zero-order valence-electron chi connectivity index (χ0n) is 10.9. The lowest BCUT2D eigenvalue weighted by atomic mass is 10.1. The number of furan rings is 1. The Morgan fingerprint density at radius 3 is 2.75 bits per heavy atom. The quantitative estimate of drug-likeness (QED) is 0.523. The Morgan fingerprint density at radius 1 is 1.05 bits per heavy atom. The van der Waals surface area contributed by atoms with E-state index in [1.807, 2.05) is 37.3 Å². The Labute approximate surface area is 115 Å². The molecule has 0 aliphatic heterocycles. The molecule has 4 aromatic heterocycles. The third-order valence-corrected chi connectivity index (χ3v) is 3.30. The van der Waals surface area contributed by atoms with Gasteiger partial charge < -0.3 is 4.42 Å². The van der Waals surface area contributed by atoms with Crippen LogP contribution in [0.1, 0.15) is 5.76 Å². The highest BCUT2D eigenvalue weighted by molar-refractivity contribution is 6.06. The summed E-state index contributed by atoms with van der Waals surface area (Å²) in [6.07, 6.45) is 5.29. The van der Waals surface area contributed by atoms with Gasteiger partial charge in [-0.3, -0.25) is 9.97 Å². The molecular weight excluding hydrogens is 250 g/mol. The van der Waals surface area contributed by atoms with E-state index in [0.29, 0.717) is 0 Å². The topological polar surface area (TPSA) is 51.8 Å². The van der Waals surface area contributed by atoms with Crippen molar-refractivity contribution in [2.75, 3.05) is 0 Å². The molecule has 4 heterocycles. The number of hydrogen-bond acceptors (Lipinski definition) is 4. The maximum Gasteiger partial charge on any atom is 0.162 e. The highest BCUT2D eigenvalue weighted by Gasteiger charge is 2.14. The van der Waals surface area contributed by atoms with E-state index < -0.39 is 0 Å². The molecule has 0 bridgehead atoms. The molecule has 0 aliphatic carbocycles. The normalized spacial score (nSPS) is 11.2. The molecule has 0 aliphatic rings. The maximum absolute atomic E-state index is 5.84. The van der Waals surface area contributed by atoms with E-state index in [9.17, 15) is 0 Å². The van der Waals surface area contributed by atoms with Gasteiger partial charge in [0.05, 0.1) is 16.4 Å². The zero-order chi connectivity index (χ0) is 13.5. The van der Waals surface area contributed by atoms with Crippen molar-refractivity contribution in [2.24, 2.45) is 0 Å². The minimum Gasteiger partial charge on any atom is -0.459 e. The largest absolute Gasteiger partial charge is 0.459 e. The fourth-order valence-electron chi connectivity index (χ4n) is 2.44. The Morgan fingerprint density at radius 2 is 1.90 bits per heavy atom. The molecule has 0 N–H and O–H groups in total. The van der Waals surface area contributed by atoms with Crippen molar-refractivity contribution in [3.63, 3.8) is 0 Å². The molecule has 0 aromatic carbocycles. The van der Waals surface area contributed by atoms with Gasteiger partial charge in [0.25, 0.3) is 0 Å². The molecule has 4 nitrogen and oxygen atoms in total. The van der Waals surface area contributed by atoms with Crippen LogP contribution in [-0.2, 0) is 0 Å². The smallest absolute Gasteiger partial charge is 0.162 e. The van der Waals surface area contributed by atoms with Gasteiger partial charge in [-0.25, -0.2) is 4.98 Å². The Bertz CT molecular complexity index is 913. The van der Waals surface area contributed by atoms with E-state index in [4.69, 9.17) is 9.40 Å². The van der Waals surface area contributed by atoms with Gasteiger partial charge in [0, 0.05) is 24.2 Å². The fourth-order valence-corrected chi connectivity index (χ4v) is 2.44. The second-order valence-corrected chi connectivity index (χ2v) is 4.67. The minimum absolute atomic E-state index is 0.778. The molecule has 20 heavy (non-hydrogen) atoms. The molecule has 0 saturated carbocycles. The average Bonchev–Trinajstić information content (AvgIpc) is 2.89. The molecule has 0 spiro atoms. The van der Waals surface area contributed by atoms with Crippen molar-refractivity contribution >= 4 is 22.0 Å². The van der Waals surface area contributed by atoms with E-state index in [1.54, 1.807) is 18.6 Å². The molecule has 4 aromatic rings. The summed E-state index contributed by atoms with van der Waals surface area (Å²) in [5.74, 6) is 0.857. The van der Waals surface area contributed by atoms with Crippen molar-refractivity contribution in [2.45, 2.75) is 6.92 Å². The molecular formula is C16H11N3O. The third kappa shape index (κ3) is 1.58. The summed E-state index contributed by atoms with van der Waals surface area (Å²) in [5, 5.41) is 1.000. The number of aromatic nitrogens is 3. The standard InChI is InChI=1S/C16H11N3O/c1-10-9-12-15-13(3-2-6-18-15)19-14(16(12)20-10)11-4-7-17-8-5-11/h2-9H,1H3. The molecule has 0 saturated heterocycles. The van der Waals surface area contributed by atoms with E-state index in [1.165, 1.54) is 0 Å². The van der Waals surface area contributed by atoms with Crippen molar-refractivity contribution in [1.82, 2.24) is 15.0 Å². The van der Waals surface area contributed by atoms with Gasteiger partial charge in [-0.15, -0.1) is 0 Å². The van der Waals surface area contributed by atoms with Crippen LogP contribution < -0.4 is 0 Å². The lowest BCUT2D eigenvalue weighted by molar-refractivity contribution is 0.578. The first-order valence-electron chi connectivity index (χ1n) is 6.38. The van der Waals surface area contributed by atoms with Crippen molar-refractivity contribution in [1.29, 1.82) is 0 Å². The molecule has 0 unspecified atom stereocenters. The van der Waals surface area contributed by atoms with Crippen LogP contribution in [0.15, 0.2) is 53.3 Å². The first kappa shape index (κ1) is 11.1.